The summed E-state index contributed by atoms with van der Waals surface area (Å²) in [6.07, 6.45) is 1.76. The van der Waals surface area contributed by atoms with Gasteiger partial charge in [-0.3, -0.25) is 9.55 Å². The van der Waals surface area contributed by atoms with Crippen LogP contribution in [0.15, 0.2) is 36.5 Å². The molecular formula is C21H28N5O3P. The molecule has 8 nitrogen and oxygen atoms in total. The van der Waals surface area contributed by atoms with Crippen LogP contribution in [0.3, 0.4) is 0 Å². The van der Waals surface area contributed by atoms with Crippen molar-refractivity contribution in [3.8, 4) is 5.88 Å². The third-order valence-electron chi connectivity index (χ3n) is 5.45. The van der Waals surface area contributed by atoms with Gasteiger partial charge in [0, 0.05) is 23.9 Å². The largest absolute Gasteiger partial charge is 0.492 e. The average molecular weight is 429 g/mol. The fourth-order valence-electron chi connectivity index (χ4n) is 3.84. The predicted molar refractivity (Wildman–Crippen MR) is 118 cm³/mol. The summed E-state index contributed by atoms with van der Waals surface area (Å²) in [5.74, 6) is 0.357. The van der Waals surface area contributed by atoms with Gasteiger partial charge in [-0.15, -0.1) is 0 Å². The number of aromatic nitrogens is 3. The summed E-state index contributed by atoms with van der Waals surface area (Å²) in [5.41, 5.74) is 1.59. The highest BCUT2D eigenvalue weighted by Crippen LogP contribution is 2.64. The monoisotopic (exact) mass is 429 g/mol. The van der Waals surface area contributed by atoms with E-state index in [1.54, 1.807) is 17.8 Å². The second-order valence-electron chi connectivity index (χ2n) is 8.70. The summed E-state index contributed by atoms with van der Waals surface area (Å²) < 4.78 is 21.8. The van der Waals surface area contributed by atoms with Gasteiger partial charge in [0.25, 0.3) is 7.52 Å². The number of pyridine rings is 1. The standard InChI is InChI=1S/C21H28N5O3P/c1-14-20(27)25-19(24-14)18(30(28)26(4)12-21(2,3)13-29-30)11-22-16-9-15-7-5-6-8-17(15)23-10-16/h5-10,18,22,27H,11-13H2,1-4H3,(H,24,25). The number of imidazole rings is 1. The van der Waals surface area contributed by atoms with Crippen molar-refractivity contribution in [3.63, 3.8) is 0 Å². The van der Waals surface area contributed by atoms with Crippen LogP contribution in [0.5, 0.6) is 5.88 Å². The van der Waals surface area contributed by atoms with E-state index in [1.807, 2.05) is 37.4 Å². The van der Waals surface area contributed by atoms with Gasteiger partial charge in [-0.05, 0) is 26.1 Å². The lowest BCUT2D eigenvalue weighted by Gasteiger charge is -2.43. The van der Waals surface area contributed by atoms with E-state index < -0.39 is 13.2 Å². The number of aromatic hydroxyl groups is 1. The molecule has 1 fully saturated rings. The maximum Gasteiger partial charge on any atom is 0.284 e. The van der Waals surface area contributed by atoms with Gasteiger partial charge in [-0.2, -0.15) is 4.98 Å². The molecule has 9 heteroatoms. The smallest absolute Gasteiger partial charge is 0.284 e. The third kappa shape index (κ3) is 3.95. The number of H-pyrrole nitrogens is 1. The summed E-state index contributed by atoms with van der Waals surface area (Å²) in [4.78, 5) is 11.8. The molecule has 0 amide bonds. The van der Waals surface area contributed by atoms with Crippen LogP contribution >= 0.6 is 7.52 Å². The number of nitrogens with zero attached hydrogens (tertiary/aromatic N) is 3. The molecule has 2 aromatic heterocycles. The molecule has 1 aromatic carbocycles. The van der Waals surface area contributed by atoms with E-state index in [1.165, 1.54) is 0 Å². The van der Waals surface area contributed by atoms with Gasteiger partial charge in [-0.25, -0.2) is 4.67 Å². The molecule has 2 unspecified atom stereocenters. The zero-order chi connectivity index (χ0) is 21.5. The third-order valence-corrected chi connectivity index (χ3v) is 8.26. The van der Waals surface area contributed by atoms with Crippen LogP contribution in [-0.2, 0) is 9.09 Å². The van der Waals surface area contributed by atoms with Gasteiger partial charge in [0.2, 0.25) is 5.88 Å². The fraction of sp³-hybridized carbons (Fsp3) is 0.429. The SMILES string of the molecule is Cc1[nH]c(C(CNc2cnc3ccccc3c2)P2(=O)OCC(C)(C)CN2C)nc1O. The Labute approximate surface area is 176 Å². The summed E-state index contributed by atoms with van der Waals surface area (Å²) in [6.45, 7) is 7.26. The van der Waals surface area contributed by atoms with E-state index in [0.717, 1.165) is 16.6 Å². The average Bonchev–Trinajstić information content (AvgIpc) is 3.03. The van der Waals surface area contributed by atoms with Crippen molar-refractivity contribution in [2.45, 2.75) is 26.4 Å². The molecule has 0 bridgehead atoms. The van der Waals surface area contributed by atoms with Gasteiger partial charge < -0.3 is 19.9 Å². The number of aromatic amines is 1. The number of nitrogens with one attached hydrogen (secondary N) is 2. The lowest BCUT2D eigenvalue weighted by atomic mass is 9.95. The quantitative estimate of drug-likeness (QED) is 0.519. The van der Waals surface area contributed by atoms with E-state index in [-0.39, 0.29) is 11.3 Å². The van der Waals surface area contributed by atoms with Crippen LogP contribution in [0.25, 0.3) is 10.9 Å². The van der Waals surface area contributed by atoms with E-state index in [0.29, 0.717) is 31.2 Å². The minimum Gasteiger partial charge on any atom is -0.492 e. The van der Waals surface area contributed by atoms with Crippen LogP contribution in [0.2, 0.25) is 0 Å². The second kappa shape index (κ2) is 7.69. The number of hydrogen-bond donors (Lipinski definition) is 3. The van der Waals surface area contributed by atoms with E-state index in [4.69, 9.17) is 4.52 Å². The predicted octanol–water partition coefficient (Wildman–Crippen LogP) is 4.31. The molecule has 1 saturated heterocycles. The van der Waals surface area contributed by atoms with Crippen molar-refractivity contribution in [2.75, 3.05) is 32.1 Å². The molecule has 160 valence electrons. The maximum atomic E-state index is 14.0. The molecule has 3 aromatic rings. The van der Waals surface area contributed by atoms with Crippen molar-refractivity contribution >= 4 is 24.1 Å². The highest BCUT2D eigenvalue weighted by molar-refractivity contribution is 7.57. The summed E-state index contributed by atoms with van der Waals surface area (Å²) >= 11 is 0. The molecule has 30 heavy (non-hydrogen) atoms. The normalized spacial score (nSPS) is 22.8. The Morgan fingerprint density at radius 3 is 2.87 bits per heavy atom. The molecule has 0 radical (unpaired) electrons. The van der Waals surface area contributed by atoms with E-state index in [2.05, 4.69) is 34.1 Å². The molecule has 1 aliphatic rings. The molecule has 0 spiro atoms. The maximum absolute atomic E-state index is 14.0. The Morgan fingerprint density at radius 2 is 2.17 bits per heavy atom. The molecule has 2 atom stereocenters. The number of rotatable bonds is 5. The van der Waals surface area contributed by atoms with Gasteiger partial charge in [0.05, 0.1) is 29.7 Å². The van der Waals surface area contributed by atoms with E-state index >= 15 is 0 Å². The lowest BCUT2D eigenvalue weighted by molar-refractivity contribution is 0.101. The number of para-hydroxylation sites is 1. The topological polar surface area (TPSA) is 103 Å². The first-order chi connectivity index (χ1) is 14.2. The zero-order valence-corrected chi connectivity index (χ0v) is 18.6. The first kappa shape index (κ1) is 20.8. The molecule has 3 N–H and O–H groups in total. The van der Waals surface area contributed by atoms with Gasteiger partial charge in [0.15, 0.2) is 0 Å². The van der Waals surface area contributed by atoms with Crippen molar-refractivity contribution in [2.24, 2.45) is 5.41 Å². The highest BCUT2D eigenvalue weighted by atomic mass is 31.2. The summed E-state index contributed by atoms with van der Waals surface area (Å²) in [6, 6.07) is 9.89. The van der Waals surface area contributed by atoms with Crippen LogP contribution in [0.1, 0.15) is 31.0 Å². The number of anilines is 1. The Morgan fingerprint density at radius 1 is 1.40 bits per heavy atom. The van der Waals surface area contributed by atoms with Crippen molar-refractivity contribution < 1.29 is 14.2 Å². The summed E-state index contributed by atoms with van der Waals surface area (Å²) in [7, 11) is -1.44. The first-order valence-corrected chi connectivity index (χ1v) is 11.6. The molecule has 0 aliphatic carbocycles. The van der Waals surface area contributed by atoms with Gasteiger partial charge in [0.1, 0.15) is 11.5 Å². The molecule has 3 heterocycles. The van der Waals surface area contributed by atoms with Gasteiger partial charge in [-0.1, -0.05) is 32.0 Å². The molecule has 0 saturated carbocycles. The number of benzene rings is 1. The van der Waals surface area contributed by atoms with Crippen LogP contribution < -0.4 is 5.32 Å². The minimum absolute atomic E-state index is 0.0889. The Bertz CT molecular complexity index is 1090. The minimum atomic E-state index is -3.26. The number of aryl methyl sites for hydroxylation is 1. The first-order valence-electron chi connectivity index (χ1n) is 9.98. The number of hydrogen-bond acceptors (Lipinski definition) is 6. The zero-order valence-electron chi connectivity index (χ0n) is 17.7. The van der Waals surface area contributed by atoms with Crippen LogP contribution in [0, 0.1) is 12.3 Å². The van der Waals surface area contributed by atoms with Crippen LogP contribution in [-0.4, -0.2) is 51.5 Å². The highest BCUT2D eigenvalue weighted by Gasteiger charge is 2.47. The Kier molecular flexibility index (Phi) is 5.34. The van der Waals surface area contributed by atoms with Crippen LogP contribution in [0.4, 0.5) is 5.69 Å². The fourth-order valence-corrected chi connectivity index (χ4v) is 6.56. The van der Waals surface area contributed by atoms with Crippen molar-refractivity contribution in [3.05, 3.63) is 48.0 Å². The van der Waals surface area contributed by atoms with Crippen molar-refractivity contribution in [1.82, 2.24) is 19.6 Å². The number of fused-ring (bicyclic) bond motifs is 1. The molecule has 1 aliphatic heterocycles. The lowest BCUT2D eigenvalue weighted by Crippen LogP contribution is -2.40. The Balaban J connectivity index is 1.64. The molecule has 4 rings (SSSR count). The summed E-state index contributed by atoms with van der Waals surface area (Å²) in [5, 5.41) is 14.4. The molecular weight excluding hydrogens is 401 g/mol. The van der Waals surface area contributed by atoms with Gasteiger partial charge >= 0.3 is 0 Å². The Hall–Kier alpha value is -2.41. The second-order valence-corrected chi connectivity index (χ2v) is 11.4. The van der Waals surface area contributed by atoms with Crippen molar-refractivity contribution in [1.29, 1.82) is 0 Å². The van der Waals surface area contributed by atoms with E-state index in [9.17, 15) is 9.67 Å².